The fraction of sp³-hybridized carbons (Fsp3) is 0.640. The highest BCUT2D eigenvalue weighted by atomic mass is 16.8. The summed E-state index contributed by atoms with van der Waals surface area (Å²) in [7, 11) is 1.51. The van der Waals surface area contributed by atoms with Gasteiger partial charge in [0.05, 0.1) is 0 Å². The van der Waals surface area contributed by atoms with E-state index in [0.717, 1.165) is 0 Å². The number of nitrogen functional groups attached to an aromatic ring is 1. The van der Waals surface area contributed by atoms with Crippen molar-refractivity contribution in [2.24, 2.45) is 0 Å². The molecule has 16 nitrogen and oxygen atoms in total. The first-order valence-corrected chi connectivity index (χ1v) is 13.1. The van der Waals surface area contributed by atoms with Gasteiger partial charge in [0.2, 0.25) is 5.95 Å². The number of H-pyrrole nitrogens is 1. The Labute approximate surface area is 235 Å². The number of aromatic amines is 1. The van der Waals surface area contributed by atoms with Gasteiger partial charge in [-0.2, -0.15) is 4.98 Å². The van der Waals surface area contributed by atoms with Crippen LogP contribution < -0.4 is 22.3 Å². The van der Waals surface area contributed by atoms with Crippen LogP contribution >= 0.6 is 0 Å². The van der Waals surface area contributed by atoms with Gasteiger partial charge in [-0.05, 0) is 34.6 Å². The largest absolute Gasteiger partial charge is 0.447 e. The van der Waals surface area contributed by atoms with Crippen molar-refractivity contribution < 1.29 is 33.3 Å². The summed E-state index contributed by atoms with van der Waals surface area (Å²) < 4.78 is 31.4. The van der Waals surface area contributed by atoms with Crippen LogP contribution in [-0.4, -0.2) is 92.6 Å². The topological polar surface area (TPSA) is 194 Å². The molecule has 4 N–H and O–H groups in total. The maximum absolute atomic E-state index is 13.5. The smallest absolute Gasteiger partial charge is 0.409 e. The Balaban J connectivity index is 1.50. The monoisotopic (exact) mass is 579 g/mol. The highest BCUT2D eigenvalue weighted by Gasteiger charge is 2.57. The molecule has 16 heteroatoms. The number of fused-ring (bicyclic) bond motifs is 2. The van der Waals surface area contributed by atoms with Gasteiger partial charge >= 0.3 is 17.9 Å². The molecule has 4 heterocycles. The van der Waals surface area contributed by atoms with Crippen LogP contribution in [0.3, 0.4) is 0 Å². The summed E-state index contributed by atoms with van der Waals surface area (Å²) in [4.78, 5) is 58.6. The number of amides is 2. The first-order chi connectivity index (χ1) is 19.1. The van der Waals surface area contributed by atoms with Crippen LogP contribution in [-0.2, 0) is 30.2 Å². The zero-order chi connectivity index (χ0) is 30.3. The Kier molecular flexibility index (Phi) is 8.20. The molecule has 0 saturated carbocycles. The zero-order valence-electron chi connectivity index (χ0n) is 24.0. The molecule has 0 aromatic carbocycles. The van der Waals surface area contributed by atoms with Crippen molar-refractivity contribution in [2.45, 2.75) is 77.1 Å². The molecule has 4 rings (SSSR count). The molecule has 2 aromatic heterocycles. The van der Waals surface area contributed by atoms with E-state index in [1.165, 1.54) is 27.2 Å². The lowest BCUT2D eigenvalue weighted by Crippen LogP contribution is -2.40. The van der Waals surface area contributed by atoms with Crippen LogP contribution in [0.4, 0.5) is 15.5 Å². The van der Waals surface area contributed by atoms with Crippen molar-refractivity contribution in [3.8, 4) is 0 Å². The number of likely N-dealkylation sites (N-methyl/N-ethyl adjacent to an activating group) is 1. The first-order valence-electron chi connectivity index (χ1n) is 13.1. The van der Waals surface area contributed by atoms with Crippen molar-refractivity contribution in [3.63, 3.8) is 0 Å². The molecule has 2 amide bonds. The quantitative estimate of drug-likeness (QED) is 0.372. The van der Waals surface area contributed by atoms with Gasteiger partial charge in [0.25, 0.3) is 5.56 Å². The highest BCUT2D eigenvalue weighted by Crippen LogP contribution is 2.43. The SMILES string of the molecule is C=CCn1c(=O)n(C2OC(COC(=O)N(C)CCNC(=O)OC(C)(C)C)C3OC(C)(C)OC32)c2nc(N)[nH]c(=O)c21. The normalized spacial score (nSPS) is 23.3. The number of ether oxygens (including phenoxy) is 5. The number of aromatic nitrogens is 4. The Bertz CT molecular complexity index is 1440. The predicted molar refractivity (Wildman–Crippen MR) is 145 cm³/mol. The molecule has 0 bridgehead atoms. The van der Waals surface area contributed by atoms with Crippen LogP contribution in [0.25, 0.3) is 11.2 Å². The number of hydrogen-bond acceptors (Lipinski definition) is 11. The van der Waals surface area contributed by atoms with Crippen LogP contribution in [0, 0.1) is 0 Å². The fourth-order valence-electron chi connectivity index (χ4n) is 4.72. The Morgan fingerprint density at radius 2 is 1.95 bits per heavy atom. The van der Waals surface area contributed by atoms with Crippen LogP contribution in [0.15, 0.2) is 22.2 Å². The van der Waals surface area contributed by atoms with Gasteiger partial charge in [-0.25, -0.2) is 19.0 Å². The second-order valence-corrected chi connectivity index (χ2v) is 11.2. The number of rotatable bonds is 8. The van der Waals surface area contributed by atoms with Crippen LogP contribution in [0.5, 0.6) is 0 Å². The zero-order valence-corrected chi connectivity index (χ0v) is 24.0. The average Bonchev–Trinajstić information content (AvgIpc) is 3.42. The van der Waals surface area contributed by atoms with E-state index in [4.69, 9.17) is 29.4 Å². The number of nitrogens with two attached hydrogens (primary N) is 1. The second-order valence-electron chi connectivity index (χ2n) is 11.2. The van der Waals surface area contributed by atoms with Gasteiger partial charge in [0, 0.05) is 26.7 Å². The summed E-state index contributed by atoms with van der Waals surface area (Å²) >= 11 is 0. The van der Waals surface area contributed by atoms with E-state index in [-0.39, 0.29) is 43.4 Å². The van der Waals surface area contributed by atoms with E-state index in [2.05, 4.69) is 21.9 Å². The minimum atomic E-state index is -1.07. The number of anilines is 1. The number of nitrogens with one attached hydrogen (secondary N) is 2. The molecule has 2 aliphatic heterocycles. The average molecular weight is 580 g/mol. The lowest BCUT2D eigenvalue weighted by atomic mass is 10.1. The van der Waals surface area contributed by atoms with Gasteiger partial charge in [-0.1, -0.05) is 6.08 Å². The summed E-state index contributed by atoms with van der Waals surface area (Å²) in [6.45, 7) is 12.4. The Morgan fingerprint density at radius 1 is 1.27 bits per heavy atom. The second kappa shape index (κ2) is 11.2. The number of nitrogens with zero attached hydrogens (tertiary/aromatic N) is 4. The van der Waals surface area contributed by atoms with E-state index >= 15 is 0 Å². The summed E-state index contributed by atoms with van der Waals surface area (Å²) in [6, 6.07) is 0. The van der Waals surface area contributed by atoms with Gasteiger partial charge in [-0.15, -0.1) is 6.58 Å². The summed E-state index contributed by atoms with van der Waals surface area (Å²) in [5, 5.41) is 2.57. The molecule has 2 aliphatic rings. The summed E-state index contributed by atoms with van der Waals surface area (Å²) in [5.74, 6) is -1.21. The standard InChI is InChI=1S/C25H37N7O9/c1-8-10-31-14-17(28-20(26)29-18(14)33)32(22(31)35)19-16-15(39-25(5,6)40-16)13(38-19)12-37-23(36)30(7)11-9-27-21(34)41-24(2,3)4/h8,13,15-16,19H,1,9-12H2,2-7H3,(H,27,34)(H3,26,28,29,33). The first kappa shape index (κ1) is 30.1. The van der Waals surface area contributed by atoms with Crippen molar-refractivity contribution in [2.75, 3.05) is 32.5 Å². The third kappa shape index (κ3) is 6.39. The van der Waals surface area contributed by atoms with E-state index in [9.17, 15) is 19.2 Å². The van der Waals surface area contributed by atoms with Gasteiger partial charge < -0.3 is 39.6 Å². The molecule has 4 unspecified atom stereocenters. The highest BCUT2D eigenvalue weighted by molar-refractivity contribution is 5.72. The van der Waals surface area contributed by atoms with Crippen molar-refractivity contribution >= 4 is 29.3 Å². The van der Waals surface area contributed by atoms with E-state index < -0.39 is 59.4 Å². The van der Waals surface area contributed by atoms with E-state index in [1.807, 2.05) is 0 Å². The van der Waals surface area contributed by atoms with E-state index in [0.29, 0.717) is 0 Å². The molecule has 2 aromatic rings. The lowest BCUT2D eigenvalue weighted by molar-refractivity contribution is -0.200. The van der Waals surface area contributed by atoms with E-state index in [1.54, 1.807) is 34.6 Å². The summed E-state index contributed by atoms with van der Waals surface area (Å²) in [6.07, 6.45) is -3.21. The number of carbonyl (C=O) groups is 2. The molecule has 4 atom stereocenters. The van der Waals surface area contributed by atoms with Crippen molar-refractivity contribution in [3.05, 3.63) is 33.5 Å². The van der Waals surface area contributed by atoms with Crippen molar-refractivity contribution in [1.82, 2.24) is 29.3 Å². The lowest BCUT2D eigenvalue weighted by Gasteiger charge is -2.25. The summed E-state index contributed by atoms with van der Waals surface area (Å²) in [5.41, 5.74) is 3.96. The van der Waals surface area contributed by atoms with Gasteiger partial charge in [0.1, 0.15) is 30.5 Å². The molecule has 0 radical (unpaired) electrons. The number of carbonyl (C=O) groups excluding carboxylic acids is 2. The molecule has 0 spiro atoms. The molecular weight excluding hydrogens is 542 g/mol. The van der Waals surface area contributed by atoms with Crippen LogP contribution in [0.2, 0.25) is 0 Å². The Morgan fingerprint density at radius 3 is 2.61 bits per heavy atom. The Hall–Kier alpha value is -3.89. The van der Waals surface area contributed by atoms with Crippen molar-refractivity contribution in [1.29, 1.82) is 0 Å². The molecular formula is C25H37N7O9. The minimum absolute atomic E-state index is 0.00100. The number of alkyl carbamates (subject to hydrolysis) is 1. The maximum Gasteiger partial charge on any atom is 0.409 e. The number of hydrogen-bond donors (Lipinski definition) is 3. The molecule has 2 fully saturated rings. The fourth-order valence-corrected chi connectivity index (χ4v) is 4.72. The third-order valence-corrected chi connectivity index (χ3v) is 6.32. The molecule has 226 valence electrons. The maximum atomic E-state index is 13.5. The number of allylic oxidation sites excluding steroid dienone is 1. The number of imidazole rings is 1. The minimum Gasteiger partial charge on any atom is -0.447 e. The van der Waals surface area contributed by atoms with Gasteiger partial charge in [-0.3, -0.25) is 14.3 Å². The molecule has 41 heavy (non-hydrogen) atoms. The predicted octanol–water partition coefficient (Wildman–Crippen LogP) is 0.665. The third-order valence-electron chi connectivity index (χ3n) is 6.32. The molecule has 0 aliphatic carbocycles. The van der Waals surface area contributed by atoms with Gasteiger partial charge in [0.15, 0.2) is 23.2 Å². The van der Waals surface area contributed by atoms with Crippen LogP contribution in [0.1, 0.15) is 40.8 Å². The molecule has 2 saturated heterocycles.